The van der Waals surface area contributed by atoms with Gasteiger partial charge in [0.05, 0.1) is 13.2 Å². The van der Waals surface area contributed by atoms with Crippen LogP contribution in [-0.4, -0.2) is 24.2 Å². The molecule has 0 aromatic heterocycles. The van der Waals surface area contributed by atoms with Crippen LogP contribution in [0.5, 0.6) is 0 Å². The molecule has 1 N–H and O–H groups in total. The molecular formula is C38H71INO3P. The second-order valence-corrected chi connectivity index (χ2v) is 14.8. The lowest BCUT2D eigenvalue weighted by Gasteiger charge is -2.19. The Morgan fingerprint density at radius 2 is 0.841 bits per heavy atom. The molecule has 0 aliphatic heterocycles. The van der Waals surface area contributed by atoms with Crippen molar-refractivity contribution in [2.75, 3.05) is 24.2 Å². The molecule has 6 heteroatoms. The van der Waals surface area contributed by atoms with Crippen molar-refractivity contribution in [1.82, 2.24) is 5.09 Å². The molecule has 0 aromatic rings. The third kappa shape index (κ3) is 34.7. The van der Waals surface area contributed by atoms with E-state index in [0.29, 0.717) is 19.8 Å². The zero-order valence-electron chi connectivity index (χ0n) is 29.0. The quantitative estimate of drug-likeness (QED) is 0.0231. The summed E-state index contributed by atoms with van der Waals surface area (Å²) in [6, 6.07) is 0. The van der Waals surface area contributed by atoms with Crippen molar-refractivity contribution in [3.05, 3.63) is 48.6 Å². The van der Waals surface area contributed by atoms with Gasteiger partial charge in [-0.15, -0.1) is 0 Å². The predicted octanol–water partition coefficient (Wildman–Crippen LogP) is 13.8. The number of nitrogens with one attached hydrogen (secondary N) is 1. The van der Waals surface area contributed by atoms with E-state index < -0.39 is 7.75 Å². The van der Waals surface area contributed by atoms with Crippen molar-refractivity contribution >= 4 is 30.3 Å². The Morgan fingerprint density at radius 1 is 0.500 bits per heavy atom. The standard InChI is InChI=1S/C38H71INO3P/c1-3-5-7-9-11-13-15-17-19-21-23-25-27-29-31-33-37-42-44(41,40-36-35-39)43-38-34-32-30-28-26-24-22-20-18-16-14-12-10-8-6-4-2/h11-14,17-20H,3-10,15-16,21-38H2,1-2H3,(H,40,41)/b13-11-,14-12-,19-17-,20-18-. The molecule has 0 rings (SSSR count). The minimum Gasteiger partial charge on any atom is -0.297 e. The van der Waals surface area contributed by atoms with Crippen LogP contribution in [-0.2, 0) is 13.6 Å². The van der Waals surface area contributed by atoms with Crippen molar-refractivity contribution < 1.29 is 13.6 Å². The van der Waals surface area contributed by atoms with Crippen LogP contribution in [0.3, 0.4) is 0 Å². The molecule has 44 heavy (non-hydrogen) atoms. The second kappa shape index (κ2) is 37.3. The zero-order valence-corrected chi connectivity index (χ0v) is 32.0. The molecule has 0 saturated heterocycles. The number of unbranched alkanes of at least 4 members (excludes halogenated alkanes) is 18. The van der Waals surface area contributed by atoms with E-state index in [1.54, 1.807) is 0 Å². The van der Waals surface area contributed by atoms with Crippen LogP contribution >= 0.6 is 30.3 Å². The topological polar surface area (TPSA) is 47.6 Å². The molecule has 0 heterocycles. The summed E-state index contributed by atoms with van der Waals surface area (Å²) < 4.78 is 25.5. The summed E-state index contributed by atoms with van der Waals surface area (Å²) in [7, 11) is -3.20. The fourth-order valence-corrected chi connectivity index (χ4v) is 6.94. The molecule has 0 bridgehead atoms. The number of hydrogen-bond donors (Lipinski definition) is 1. The van der Waals surface area contributed by atoms with E-state index in [9.17, 15) is 4.57 Å². The number of rotatable bonds is 35. The first-order chi connectivity index (χ1) is 21.7. The van der Waals surface area contributed by atoms with Crippen LogP contribution in [0.2, 0.25) is 0 Å². The number of hydrogen-bond acceptors (Lipinski definition) is 3. The normalized spacial score (nSPS) is 12.7. The highest BCUT2D eigenvalue weighted by Crippen LogP contribution is 2.44. The molecule has 0 aromatic carbocycles. The van der Waals surface area contributed by atoms with Crippen molar-refractivity contribution in [2.24, 2.45) is 0 Å². The third-order valence-corrected chi connectivity index (χ3v) is 9.81. The van der Waals surface area contributed by atoms with E-state index in [1.807, 2.05) is 0 Å². The van der Waals surface area contributed by atoms with Gasteiger partial charge in [-0.2, -0.15) is 0 Å². The van der Waals surface area contributed by atoms with E-state index in [2.05, 4.69) is 90.1 Å². The maximum Gasteiger partial charge on any atom is 0.405 e. The largest absolute Gasteiger partial charge is 0.405 e. The summed E-state index contributed by atoms with van der Waals surface area (Å²) in [4.78, 5) is 0. The number of allylic oxidation sites excluding steroid dienone is 8. The summed E-state index contributed by atoms with van der Waals surface area (Å²) in [5, 5.41) is 3.04. The van der Waals surface area contributed by atoms with Crippen molar-refractivity contribution in [1.29, 1.82) is 0 Å². The average Bonchev–Trinajstić information content (AvgIpc) is 3.03. The zero-order chi connectivity index (χ0) is 32.1. The van der Waals surface area contributed by atoms with Gasteiger partial charge < -0.3 is 0 Å². The van der Waals surface area contributed by atoms with E-state index in [0.717, 1.165) is 43.0 Å². The van der Waals surface area contributed by atoms with E-state index in [-0.39, 0.29) is 0 Å². The van der Waals surface area contributed by atoms with E-state index in [4.69, 9.17) is 9.05 Å². The monoisotopic (exact) mass is 747 g/mol. The summed E-state index contributed by atoms with van der Waals surface area (Å²) >= 11 is 2.28. The van der Waals surface area contributed by atoms with Gasteiger partial charge in [0.2, 0.25) is 0 Å². The molecular weight excluding hydrogens is 676 g/mol. The highest BCUT2D eigenvalue weighted by Gasteiger charge is 2.23. The van der Waals surface area contributed by atoms with Crippen LogP contribution in [0.15, 0.2) is 48.6 Å². The Kier molecular flexibility index (Phi) is 37.1. The Hall–Kier alpha value is -0.200. The maximum absolute atomic E-state index is 13.1. The first kappa shape index (κ1) is 43.8. The lowest BCUT2D eigenvalue weighted by atomic mass is 10.1. The minimum atomic E-state index is -3.20. The van der Waals surface area contributed by atoms with Crippen LogP contribution in [0.25, 0.3) is 0 Å². The fraction of sp³-hybridized carbons (Fsp3) is 0.789. The highest BCUT2D eigenvalue weighted by molar-refractivity contribution is 14.1. The molecule has 0 atom stereocenters. The Bertz CT molecular complexity index is 684. The second-order valence-electron chi connectivity index (χ2n) is 11.9. The van der Waals surface area contributed by atoms with Crippen molar-refractivity contribution in [3.8, 4) is 0 Å². The van der Waals surface area contributed by atoms with Crippen LogP contribution in [0.4, 0.5) is 0 Å². The van der Waals surface area contributed by atoms with E-state index in [1.165, 1.54) is 116 Å². The van der Waals surface area contributed by atoms with Gasteiger partial charge in [-0.25, -0.2) is 9.65 Å². The van der Waals surface area contributed by atoms with Crippen LogP contribution in [0.1, 0.15) is 168 Å². The minimum absolute atomic E-state index is 0.504. The van der Waals surface area contributed by atoms with Gasteiger partial charge in [0.25, 0.3) is 0 Å². The van der Waals surface area contributed by atoms with Crippen LogP contribution in [0, 0.1) is 0 Å². The molecule has 0 unspecified atom stereocenters. The van der Waals surface area contributed by atoms with Crippen LogP contribution < -0.4 is 5.09 Å². The summed E-state index contributed by atoms with van der Waals surface area (Å²) in [5.74, 6) is 0. The summed E-state index contributed by atoms with van der Waals surface area (Å²) in [5.41, 5.74) is 0. The summed E-state index contributed by atoms with van der Waals surface area (Å²) in [6.45, 7) is 6.16. The van der Waals surface area contributed by atoms with Gasteiger partial charge in [-0.05, 0) is 77.0 Å². The van der Waals surface area contributed by atoms with Gasteiger partial charge in [0.15, 0.2) is 0 Å². The molecule has 0 aliphatic rings. The van der Waals surface area contributed by atoms with Gasteiger partial charge in [0, 0.05) is 11.0 Å². The maximum atomic E-state index is 13.1. The lowest BCUT2D eigenvalue weighted by Crippen LogP contribution is -2.18. The van der Waals surface area contributed by atoms with Gasteiger partial charge in [0.1, 0.15) is 0 Å². The molecule has 258 valence electrons. The fourth-order valence-electron chi connectivity index (χ4n) is 4.86. The molecule has 0 fully saturated rings. The molecule has 0 amide bonds. The summed E-state index contributed by atoms with van der Waals surface area (Å²) in [6.07, 6.45) is 47.6. The molecule has 0 saturated carbocycles. The number of halogens is 1. The molecule has 0 spiro atoms. The molecule has 0 radical (unpaired) electrons. The first-order valence-electron chi connectivity index (χ1n) is 18.5. The lowest BCUT2D eigenvalue weighted by molar-refractivity contribution is 0.190. The van der Waals surface area contributed by atoms with Gasteiger partial charge in [-0.3, -0.25) is 9.05 Å². The SMILES string of the molecule is CCCCC/C=C\C/C=C\CCCCCCCCOP(=O)(NCCI)OCCCCCCCC/C=C\C/C=C\CCCCC. The number of alkyl halides is 1. The Balaban J connectivity index is 3.72. The third-order valence-electron chi connectivity index (χ3n) is 7.61. The Morgan fingerprint density at radius 3 is 1.20 bits per heavy atom. The molecule has 0 aliphatic carbocycles. The average molecular weight is 748 g/mol. The Labute approximate surface area is 288 Å². The van der Waals surface area contributed by atoms with E-state index >= 15 is 0 Å². The predicted molar refractivity (Wildman–Crippen MR) is 205 cm³/mol. The highest BCUT2D eigenvalue weighted by atomic mass is 127. The molecule has 4 nitrogen and oxygen atoms in total. The first-order valence-corrected chi connectivity index (χ1v) is 21.6. The van der Waals surface area contributed by atoms with Crippen molar-refractivity contribution in [2.45, 2.75) is 168 Å². The van der Waals surface area contributed by atoms with Gasteiger partial charge >= 0.3 is 7.75 Å². The van der Waals surface area contributed by atoms with Gasteiger partial charge in [-0.1, -0.05) is 162 Å². The smallest absolute Gasteiger partial charge is 0.297 e. The van der Waals surface area contributed by atoms with Crippen molar-refractivity contribution in [3.63, 3.8) is 0 Å².